The van der Waals surface area contributed by atoms with Gasteiger partial charge in [0.1, 0.15) is 11.5 Å². The van der Waals surface area contributed by atoms with Crippen LogP contribution in [-0.2, 0) is 0 Å². The average molecular weight is 483 g/mol. The third-order valence-corrected chi connectivity index (χ3v) is 6.46. The molecule has 0 fully saturated rings. The fourth-order valence-corrected chi connectivity index (χ4v) is 4.39. The number of rotatable bonds is 10. The van der Waals surface area contributed by atoms with Crippen molar-refractivity contribution in [2.45, 2.75) is 77.4 Å². The summed E-state index contributed by atoms with van der Waals surface area (Å²) in [5, 5.41) is 44.0. The fourth-order valence-electron chi connectivity index (χ4n) is 4.39. The molecule has 35 heavy (non-hydrogen) atoms. The molecule has 190 valence electrons. The Morgan fingerprint density at radius 3 is 2.46 bits per heavy atom. The second-order valence-electron chi connectivity index (χ2n) is 10.5. The van der Waals surface area contributed by atoms with Gasteiger partial charge in [-0.25, -0.2) is 0 Å². The highest BCUT2D eigenvalue weighted by Crippen LogP contribution is 2.41. The third-order valence-electron chi connectivity index (χ3n) is 6.46. The van der Waals surface area contributed by atoms with Crippen LogP contribution in [0.3, 0.4) is 0 Å². The first-order valence-corrected chi connectivity index (χ1v) is 12.2. The molecule has 0 saturated heterocycles. The molecule has 7 nitrogen and oxygen atoms in total. The minimum absolute atomic E-state index is 0.0157. The van der Waals surface area contributed by atoms with Gasteiger partial charge in [0, 0.05) is 12.6 Å². The van der Waals surface area contributed by atoms with E-state index < -0.39 is 11.2 Å². The molecule has 1 atom stereocenters. The number of carbonyl (C=O) groups excluding carboxylic acids is 1. The number of fused-ring (bicyclic) bond motifs is 2. The molecule has 0 aliphatic carbocycles. The molecule has 1 unspecified atom stereocenters. The Labute approximate surface area is 207 Å². The predicted octanol–water partition coefficient (Wildman–Crippen LogP) is 5.61. The van der Waals surface area contributed by atoms with Gasteiger partial charge in [-0.05, 0) is 90.5 Å². The van der Waals surface area contributed by atoms with E-state index in [9.17, 15) is 25.2 Å². The summed E-state index contributed by atoms with van der Waals surface area (Å²) in [5.41, 5.74) is 1.45. The number of phenolic OH excluding ortho intramolecular Hbond substituents is 2. The van der Waals surface area contributed by atoms with E-state index in [2.05, 4.69) is 5.32 Å². The lowest BCUT2D eigenvalue weighted by Gasteiger charge is -2.25. The molecular weight excluding hydrogens is 444 g/mol. The van der Waals surface area contributed by atoms with Crippen molar-refractivity contribution < 1.29 is 25.2 Å². The van der Waals surface area contributed by atoms with Crippen LogP contribution in [0.2, 0.25) is 0 Å². The molecule has 1 aliphatic rings. The monoisotopic (exact) mass is 482 g/mol. The summed E-state index contributed by atoms with van der Waals surface area (Å²) in [6, 6.07) is 9.58. The van der Waals surface area contributed by atoms with Gasteiger partial charge in [0.2, 0.25) is 0 Å². The molecule has 5 N–H and O–H groups in total. The second-order valence-corrected chi connectivity index (χ2v) is 10.5. The number of allylic oxidation sites excluding steroid dienone is 1. The molecular formula is C28H38N2O5. The summed E-state index contributed by atoms with van der Waals surface area (Å²) in [5.74, 6) is -0.240. The highest BCUT2D eigenvalue weighted by Gasteiger charge is 2.28. The van der Waals surface area contributed by atoms with Crippen molar-refractivity contribution in [2.75, 3.05) is 16.8 Å². The van der Waals surface area contributed by atoms with Crippen LogP contribution in [0.1, 0.15) is 76.6 Å². The van der Waals surface area contributed by atoms with Gasteiger partial charge in [-0.1, -0.05) is 17.7 Å². The molecule has 7 heteroatoms. The minimum Gasteiger partial charge on any atom is -0.508 e. The molecule has 0 spiro atoms. The Kier molecular flexibility index (Phi) is 8.13. The van der Waals surface area contributed by atoms with Crippen LogP contribution < -0.4 is 10.2 Å². The first kappa shape index (κ1) is 26.6. The highest BCUT2D eigenvalue weighted by molar-refractivity contribution is 6.14. The summed E-state index contributed by atoms with van der Waals surface area (Å²) in [6.45, 7) is 7.71. The standard InChI is InChI=1S/C28H38N2O5/c1-19(8-6-15-28(4,35)16-7-14-27(2,3)34)13-17-30-23-18-20(31)11-12-22(23)29-25-21(26(30)33)9-5-10-24(25)32/h5,9-13,18,29,31-32,34-35H,6-8,14-17H2,1-4H3/b19-13+. The Hall–Kier alpha value is -3.03. The quantitative estimate of drug-likeness (QED) is 0.171. The SMILES string of the molecule is C/C(=C\CN1C(=O)c2cccc(O)c2Nc2ccc(O)cc21)CCCC(C)(O)CCCC(C)(C)O. The van der Waals surface area contributed by atoms with Gasteiger partial charge in [0.15, 0.2) is 0 Å². The van der Waals surface area contributed by atoms with Crippen molar-refractivity contribution in [2.24, 2.45) is 0 Å². The van der Waals surface area contributed by atoms with Crippen molar-refractivity contribution in [3.05, 3.63) is 53.6 Å². The maximum absolute atomic E-state index is 13.4. The van der Waals surface area contributed by atoms with Gasteiger partial charge in [-0.15, -0.1) is 0 Å². The van der Waals surface area contributed by atoms with Crippen LogP contribution >= 0.6 is 0 Å². The van der Waals surface area contributed by atoms with E-state index in [4.69, 9.17) is 0 Å². The summed E-state index contributed by atoms with van der Waals surface area (Å²) in [7, 11) is 0. The number of nitrogens with one attached hydrogen (secondary N) is 1. The molecule has 0 aromatic heterocycles. The first-order chi connectivity index (χ1) is 16.4. The number of nitrogens with zero attached hydrogens (tertiary/aromatic N) is 1. The van der Waals surface area contributed by atoms with Crippen LogP contribution in [0.15, 0.2) is 48.0 Å². The molecule has 1 aliphatic heterocycles. The zero-order valence-electron chi connectivity index (χ0n) is 21.1. The number of benzene rings is 2. The Morgan fingerprint density at radius 2 is 1.74 bits per heavy atom. The number of hydrogen-bond donors (Lipinski definition) is 5. The molecule has 3 rings (SSSR count). The number of anilines is 3. The summed E-state index contributed by atoms with van der Waals surface area (Å²) >= 11 is 0. The minimum atomic E-state index is -0.778. The van der Waals surface area contributed by atoms with Crippen molar-refractivity contribution in [1.29, 1.82) is 0 Å². The van der Waals surface area contributed by atoms with Gasteiger partial charge in [-0.3, -0.25) is 4.79 Å². The predicted molar refractivity (Wildman–Crippen MR) is 140 cm³/mol. The van der Waals surface area contributed by atoms with Crippen molar-refractivity contribution in [3.8, 4) is 11.5 Å². The molecule has 1 heterocycles. The second kappa shape index (κ2) is 10.7. The van der Waals surface area contributed by atoms with E-state index in [1.807, 2.05) is 19.9 Å². The van der Waals surface area contributed by atoms with Crippen LogP contribution in [0.5, 0.6) is 11.5 Å². The van der Waals surface area contributed by atoms with Crippen molar-refractivity contribution in [1.82, 2.24) is 0 Å². The van der Waals surface area contributed by atoms with Crippen molar-refractivity contribution >= 4 is 23.0 Å². The topological polar surface area (TPSA) is 113 Å². The fraction of sp³-hybridized carbons (Fsp3) is 0.464. The van der Waals surface area contributed by atoms with E-state index in [0.29, 0.717) is 48.4 Å². The Balaban J connectivity index is 1.68. The number of aliphatic hydroxyl groups is 2. The first-order valence-electron chi connectivity index (χ1n) is 12.2. The third kappa shape index (κ3) is 7.23. The number of para-hydroxylation sites is 1. The number of phenols is 2. The van der Waals surface area contributed by atoms with Gasteiger partial charge in [0.05, 0.1) is 33.8 Å². The van der Waals surface area contributed by atoms with E-state index in [-0.39, 0.29) is 17.4 Å². The molecule has 2 aromatic carbocycles. The largest absolute Gasteiger partial charge is 0.508 e. The summed E-state index contributed by atoms with van der Waals surface area (Å²) < 4.78 is 0. The lowest BCUT2D eigenvalue weighted by molar-refractivity contribution is 0.0226. The number of amides is 1. The lowest BCUT2D eigenvalue weighted by atomic mass is 9.89. The Bertz CT molecular complexity index is 1090. The zero-order chi connectivity index (χ0) is 25.8. The highest BCUT2D eigenvalue weighted by atomic mass is 16.3. The van der Waals surface area contributed by atoms with Crippen LogP contribution in [0.4, 0.5) is 17.1 Å². The van der Waals surface area contributed by atoms with Crippen LogP contribution in [0.25, 0.3) is 0 Å². The number of aromatic hydroxyl groups is 2. The number of carbonyl (C=O) groups is 1. The molecule has 0 saturated carbocycles. The normalized spacial score (nSPS) is 15.7. The molecule has 0 radical (unpaired) electrons. The maximum atomic E-state index is 13.4. The van der Waals surface area contributed by atoms with Crippen LogP contribution in [0, 0.1) is 0 Å². The molecule has 0 bridgehead atoms. The Morgan fingerprint density at radius 1 is 1.03 bits per heavy atom. The number of hydrogen-bond acceptors (Lipinski definition) is 6. The van der Waals surface area contributed by atoms with E-state index in [1.54, 1.807) is 36.9 Å². The maximum Gasteiger partial charge on any atom is 0.260 e. The van der Waals surface area contributed by atoms with Gasteiger partial charge >= 0.3 is 0 Å². The van der Waals surface area contributed by atoms with E-state index >= 15 is 0 Å². The van der Waals surface area contributed by atoms with Crippen molar-refractivity contribution in [3.63, 3.8) is 0 Å². The van der Waals surface area contributed by atoms with Gasteiger partial charge in [0.25, 0.3) is 5.91 Å². The smallest absolute Gasteiger partial charge is 0.260 e. The van der Waals surface area contributed by atoms with E-state index in [0.717, 1.165) is 24.8 Å². The summed E-state index contributed by atoms with van der Waals surface area (Å²) in [6.07, 6.45) is 6.29. The lowest BCUT2D eigenvalue weighted by Crippen LogP contribution is -2.30. The van der Waals surface area contributed by atoms with Crippen LogP contribution in [-0.4, -0.2) is 44.1 Å². The molecule has 1 amide bonds. The summed E-state index contributed by atoms with van der Waals surface area (Å²) in [4.78, 5) is 15.0. The zero-order valence-corrected chi connectivity index (χ0v) is 21.1. The molecule has 2 aromatic rings. The van der Waals surface area contributed by atoms with E-state index in [1.165, 1.54) is 18.2 Å². The van der Waals surface area contributed by atoms with Gasteiger partial charge in [-0.2, -0.15) is 0 Å². The van der Waals surface area contributed by atoms with Gasteiger partial charge < -0.3 is 30.6 Å². The average Bonchev–Trinajstić information content (AvgIpc) is 2.86.